The summed E-state index contributed by atoms with van der Waals surface area (Å²) in [6, 6.07) is 12.0. The first-order valence-corrected chi connectivity index (χ1v) is 9.75. The zero-order valence-corrected chi connectivity index (χ0v) is 16.9. The van der Waals surface area contributed by atoms with Gasteiger partial charge in [0, 0.05) is 12.6 Å². The van der Waals surface area contributed by atoms with E-state index in [9.17, 15) is 14.9 Å². The normalized spacial score (nSPS) is 11.1. The van der Waals surface area contributed by atoms with Crippen molar-refractivity contribution in [3.63, 3.8) is 0 Å². The smallest absolute Gasteiger partial charge is 0.282 e. The van der Waals surface area contributed by atoms with Crippen molar-refractivity contribution in [3.8, 4) is 0 Å². The molecule has 0 radical (unpaired) electrons. The number of aryl methyl sites for hydroxylation is 1. The minimum atomic E-state index is -0.521. The molecule has 0 N–H and O–H groups in total. The van der Waals surface area contributed by atoms with Crippen LogP contribution in [0.3, 0.4) is 0 Å². The third kappa shape index (κ3) is 4.35. The highest BCUT2D eigenvalue weighted by Crippen LogP contribution is 2.31. The summed E-state index contributed by atoms with van der Waals surface area (Å²) in [5, 5.41) is 11.9. The standard InChI is InChI=1S/C20H22N4O3S/c1-14-9-10-16-18(13-14)28-20(21-16)23(12-6-11-22(2)3)19(25)15-7-4-5-8-17(15)24(26)27/h4-5,7-10,13H,6,11-12H2,1-3H3. The summed E-state index contributed by atoms with van der Waals surface area (Å²) in [5.41, 5.74) is 1.82. The maximum Gasteiger partial charge on any atom is 0.282 e. The highest BCUT2D eigenvalue weighted by Gasteiger charge is 2.27. The van der Waals surface area contributed by atoms with Crippen LogP contribution in [0, 0.1) is 17.0 Å². The fraction of sp³-hybridized carbons (Fsp3) is 0.300. The van der Waals surface area contributed by atoms with Gasteiger partial charge in [0.1, 0.15) is 5.56 Å². The van der Waals surface area contributed by atoms with Gasteiger partial charge in [-0.3, -0.25) is 19.8 Å². The second kappa shape index (κ2) is 8.45. The Hall–Kier alpha value is -2.84. The molecular formula is C20H22N4O3S. The molecule has 0 fully saturated rings. The van der Waals surface area contributed by atoms with Gasteiger partial charge in [0.2, 0.25) is 0 Å². The van der Waals surface area contributed by atoms with Crippen molar-refractivity contribution in [1.82, 2.24) is 9.88 Å². The number of para-hydroxylation sites is 1. The monoisotopic (exact) mass is 398 g/mol. The van der Waals surface area contributed by atoms with Gasteiger partial charge in [0.05, 0.1) is 15.1 Å². The number of rotatable bonds is 7. The number of carbonyl (C=O) groups is 1. The van der Waals surface area contributed by atoms with Crippen LogP contribution in [0.2, 0.25) is 0 Å². The Kier molecular flexibility index (Phi) is 6.01. The summed E-state index contributed by atoms with van der Waals surface area (Å²) in [6.45, 7) is 3.23. The van der Waals surface area contributed by atoms with Gasteiger partial charge in [0.25, 0.3) is 11.6 Å². The Bertz CT molecular complexity index is 1020. The van der Waals surface area contributed by atoms with Crippen LogP contribution < -0.4 is 4.90 Å². The molecule has 0 saturated carbocycles. The highest BCUT2D eigenvalue weighted by atomic mass is 32.1. The van der Waals surface area contributed by atoms with Gasteiger partial charge < -0.3 is 4.90 Å². The maximum atomic E-state index is 13.3. The first-order valence-electron chi connectivity index (χ1n) is 8.94. The number of thiazole rings is 1. The van der Waals surface area contributed by atoms with Gasteiger partial charge in [-0.25, -0.2) is 4.98 Å². The summed E-state index contributed by atoms with van der Waals surface area (Å²) in [7, 11) is 3.93. The molecule has 0 aliphatic rings. The van der Waals surface area contributed by atoms with E-state index in [0.717, 1.165) is 28.7 Å². The molecule has 0 aliphatic carbocycles. The molecule has 0 bridgehead atoms. The van der Waals surface area contributed by atoms with E-state index in [2.05, 4.69) is 4.98 Å². The maximum absolute atomic E-state index is 13.3. The summed E-state index contributed by atoms with van der Waals surface area (Å²) in [4.78, 5) is 32.3. The minimum Gasteiger partial charge on any atom is -0.309 e. The molecule has 3 rings (SSSR count). The number of amides is 1. The van der Waals surface area contributed by atoms with Crippen molar-refractivity contribution in [2.75, 3.05) is 32.1 Å². The van der Waals surface area contributed by atoms with Crippen LogP contribution in [0.25, 0.3) is 10.2 Å². The van der Waals surface area contributed by atoms with Gasteiger partial charge in [-0.05, 0) is 57.7 Å². The second-order valence-electron chi connectivity index (χ2n) is 6.86. The molecule has 28 heavy (non-hydrogen) atoms. The van der Waals surface area contributed by atoms with E-state index in [0.29, 0.717) is 11.7 Å². The van der Waals surface area contributed by atoms with E-state index in [4.69, 9.17) is 0 Å². The Morgan fingerprint density at radius 3 is 2.64 bits per heavy atom. The molecule has 3 aromatic rings. The third-order valence-corrected chi connectivity index (χ3v) is 5.37. The number of hydrogen-bond donors (Lipinski definition) is 0. The number of nitro groups is 1. The van der Waals surface area contributed by atoms with Crippen LogP contribution in [-0.4, -0.2) is 47.9 Å². The molecule has 1 amide bonds. The quantitative estimate of drug-likeness (QED) is 0.442. The number of benzene rings is 2. The average Bonchev–Trinajstić information content (AvgIpc) is 3.07. The van der Waals surface area contributed by atoms with Crippen LogP contribution in [0.1, 0.15) is 22.3 Å². The van der Waals surface area contributed by atoms with E-state index >= 15 is 0 Å². The fourth-order valence-corrected chi connectivity index (χ4v) is 4.01. The SMILES string of the molecule is Cc1ccc2nc(N(CCCN(C)C)C(=O)c3ccccc3[N+](=O)[O-])sc2c1. The average molecular weight is 398 g/mol. The Balaban J connectivity index is 2.00. The molecule has 7 nitrogen and oxygen atoms in total. The van der Waals surface area contributed by atoms with E-state index in [-0.39, 0.29) is 11.3 Å². The number of hydrogen-bond acceptors (Lipinski definition) is 6. The second-order valence-corrected chi connectivity index (χ2v) is 7.86. The number of carbonyl (C=O) groups excluding carboxylic acids is 1. The molecule has 0 unspecified atom stereocenters. The predicted octanol–water partition coefficient (Wildman–Crippen LogP) is 4.11. The molecule has 0 saturated heterocycles. The number of anilines is 1. The molecule has 0 aliphatic heterocycles. The van der Waals surface area contributed by atoms with Crippen molar-refractivity contribution in [3.05, 3.63) is 63.7 Å². The molecule has 2 aromatic carbocycles. The lowest BCUT2D eigenvalue weighted by Crippen LogP contribution is -2.33. The van der Waals surface area contributed by atoms with Crippen molar-refractivity contribution in [2.24, 2.45) is 0 Å². The van der Waals surface area contributed by atoms with Gasteiger partial charge in [-0.1, -0.05) is 29.5 Å². The van der Waals surface area contributed by atoms with Gasteiger partial charge in [-0.15, -0.1) is 0 Å². The van der Waals surface area contributed by atoms with Crippen molar-refractivity contribution < 1.29 is 9.72 Å². The first kappa shape index (κ1) is 19.9. The Labute approximate surface area is 167 Å². The van der Waals surface area contributed by atoms with E-state index < -0.39 is 10.8 Å². The third-order valence-electron chi connectivity index (χ3n) is 4.33. The largest absolute Gasteiger partial charge is 0.309 e. The number of nitro benzene ring substituents is 1. The van der Waals surface area contributed by atoms with Gasteiger partial charge >= 0.3 is 0 Å². The van der Waals surface area contributed by atoms with Crippen LogP contribution >= 0.6 is 11.3 Å². The highest BCUT2D eigenvalue weighted by molar-refractivity contribution is 7.22. The zero-order valence-electron chi connectivity index (χ0n) is 16.1. The molecule has 8 heteroatoms. The predicted molar refractivity (Wildman–Crippen MR) is 112 cm³/mol. The molecule has 0 spiro atoms. The zero-order chi connectivity index (χ0) is 20.3. The molecular weight excluding hydrogens is 376 g/mol. The Morgan fingerprint density at radius 1 is 1.18 bits per heavy atom. The summed E-state index contributed by atoms with van der Waals surface area (Å²) in [5.74, 6) is -0.401. The van der Waals surface area contributed by atoms with Gasteiger partial charge in [0.15, 0.2) is 5.13 Å². The topological polar surface area (TPSA) is 79.6 Å². The first-order chi connectivity index (χ1) is 13.4. The van der Waals surface area contributed by atoms with E-state index in [1.54, 1.807) is 17.0 Å². The number of nitrogens with zero attached hydrogens (tertiary/aromatic N) is 4. The van der Waals surface area contributed by atoms with Crippen molar-refractivity contribution in [2.45, 2.75) is 13.3 Å². The fourth-order valence-electron chi connectivity index (χ4n) is 2.92. The summed E-state index contributed by atoms with van der Waals surface area (Å²) >= 11 is 1.43. The van der Waals surface area contributed by atoms with E-state index in [1.807, 2.05) is 44.1 Å². The van der Waals surface area contributed by atoms with Gasteiger partial charge in [-0.2, -0.15) is 0 Å². The summed E-state index contributed by atoms with van der Waals surface area (Å²) < 4.78 is 0.989. The van der Waals surface area contributed by atoms with Crippen molar-refractivity contribution >= 4 is 38.3 Å². The molecule has 1 heterocycles. The van der Waals surface area contributed by atoms with E-state index in [1.165, 1.54) is 23.5 Å². The van der Waals surface area contributed by atoms with Crippen LogP contribution in [0.4, 0.5) is 10.8 Å². The molecule has 146 valence electrons. The molecule has 0 atom stereocenters. The minimum absolute atomic E-state index is 0.0767. The number of fused-ring (bicyclic) bond motifs is 1. The van der Waals surface area contributed by atoms with Crippen LogP contribution in [-0.2, 0) is 0 Å². The summed E-state index contributed by atoms with van der Waals surface area (Å²) in [6.07, 6.45) is 0.730. The number of aromatic nitrogens is 1. The molecule has 1 aromatic heterocycles. The lowest BCUT2D eigenvalue weighted by atomic mass is 10.1. The van der Waals surface area contributed by atoms with Crippen LogP contribution in [0.15, 0.2) is 42.5 Å². The van der Waals surface area contributed by atoms with Crippen LogP contribution in [0.5, 0.6) is 0 Å². The lowest BCUT2D eigenvalue weighted by Gasteiger charge is -2.21. The Morgan fingerprint density at radius 2 is 1.93 bits per heavy atom. The van der Waals surface area contributed by atoms with Crippen molar-refractivity contribution in [1.29, 1.82) is 0 Å². The lowest BCUT2D eigenvalue weighted by molar-refractivity contribution is -0.385.